The number of aromatic nitrogens is 2. The Balaban J connectivity index is 1.24. The van der Waals surface area contributed by atoms with E-state index in [1.54, 1.807) is 11.8 Å². The summed E-state index contributed by atoms with van der Waals surface area (Å²) < 4.78 is 32.1. The number of halogens is 2. The molecule has 2 aliphatic rings. The number of nitrogens with two attached hydrogens (primary N) is 1. The summed E-state index contributed by atoms with van der Waals surface area (Å²) in [7, 11) is 2.98. The molecule has 1 unspecified atom stereocenters. The maximum Gasteiger partial charge on any atom is 0.329 e. The van der Waals surface area contributed by atoms with Gasteiger partial charge in [-0.2, -0.15) is 0 Å². The van der Waals surface area contributed by atoms with E-state index in [4.69, 9.17) is 31.5 Å². The fourth-order valence-electron chi connectivity index (χ4n) is 5.31. The summed E-state index contributed by atoms with van der Waals surface area (Å²) in [6.07, 6.45) is 3.97. The fraction of sp³-hybridized carbons (Fsp3) is 0.310. The lowest BCUT2D eigenvalue weighted by Gasteiger charge is -2.33. The minimum absolute atomic E-state index is 0.0922. The van der Waals surface area contributed by atoms with Crippen LogP contribution in [-0.2, 0) is 20.9 Å². The van der Waals surface area contributed by atoms with Gasteiger partial charge >= 0.3 is 5.97 Å². The minimum Gasteiger partial charge on any atom is -0.497 e. The first kappa shape index (κ1) is 28.2. The Labute approximate surface area is 240 Å². The number of Topliss-reactive ketones (excluding diaryl/α,β-unsaturated/α-hetero) is 1. The average molecular weight is 583 g/mol. The van der Waals surface area contributed by atoms with E-state index >= 15 is 0 Å². The molecule has 2 N–H and O–H groups in total. The van der Waals surface area contributed by atoms with E-state index in [9.17, 15) is 18.8 Å². The molecule has 214 valence electrons. The zero-order valence-corrected chi connectivity index (χ0v) is 23.2. The molecule has 12 heteroatoms. The molecule has 0 bridgehead atoms. The second kappa shape index (κ2) is 11.6. The number of amides is 1. The van der Waals surface area contributed by atoms with Gasteiger partial charge in [0.2, 0.25) is 17.6 Å². The molecule has 2 atom stereocenters. The first-order valence-electron chi connectivity index (χ1n) is 12.9. The van der Waals surface area contributed by atoms with Crippen molar-refractivity contribution in [3.8, 4) is 11.6 Å². The predicted octanol–water partition coefficient (Wildman–Crippen LogP) is 3.90. The van der Waals surface area contributed by atoms with Crippen molar-refractivity contribution in [2.24, 2.45) is 0 Å². The number of nitrogen functional groups attached to an aromatic ring is 1. The van der Waals surface area contributed by atoms with Gasteiger partial charge in [0.05, 0.1) is 25.8 Å². The summed E-state index contributed by atoms with van der Waals surface area (Å²) >= 11 is 5.93. The van der Waals surface area contributed by atoms with Crippen LogP contribution in [0.2, 0.25) is 5.02 Å². The van der Waals surface area contributed by atoms with Gasteiger partial charge in [0.15, 0.2) is 12.4 Å². The summed E-state index contributed by atoms with van der Waals surface area (Å²) in [4.78, 5) is 40.4. The van der Waals surface area contributed by atoms with E-state index < -0.39 is 36.1 Å². The molecule has 3 heterocycles. The molecule has 0 aliphatic carbocycles. The van der Waals surface area contributed by atoms with E-state index in [1.807, 2.05) is 24.3 Å². The van der Waals surface area contributed by atoms with Crippen molar-refractivity contribution >= 4 is 40.5 Å². The Hall–Kier alpha value is -4.38. The van der Waals surface area contributed by atoms with Crippen molar-refractivity contribution in [2.45, 2.75) is 37.9 Å². The highest BCUT2D eigenvalue weighted by molar-refractivity contribution is 6.31. The second-order valence-electron chi connectivity index (χ2n) is 9.82. The molecule has 0 spiro atoms. The standard InChI is InChI=1S/C29H28ClFN4O6/c1-39-19-6-3-16(4-7-19)13-34-14-20(28(33-34)40-2)24(36)15-41-29(38)23-10-5-18-11-17(12-25(37)35(18)23)26-22(32)9-8-21(30)27(26)31/h3-4,6-9,12,14,18,23H,5,10-11,13,15,32H2,1-2H3/t18?,23-/m0/s1. The molecule has 1 aromatic heterocycles. The molecule has 5 rings (SSSR count). The van der Waals surface area contributed by atoms with Gasteiger partial charge in [-0.05, 0) is 54.7 Å². The number of ketones is 1. The molecule has 2 aromatic carbocycles. The first-order valence-corrected chi connectivity index (χ1v) is 13.3. The number of nitrogens with zero attached hydrogens (tertiary/aromatic N) is 3. The fourth-order valence-corrected chi connectivity index (χ4v) is 5.46. The number of hydrogen-bond donors (Lipinski definition) is 1. The van der Waals surface area contributed by atoms with Gasteiger partial charge in [0.1, 0.15) is 17.4 Å². The van der Waals surface area contributed by atoms with Crippen LogP contribution in [0.5, 0.6) is 11.6 Å². The largest absolute Gasteiger partial charge is 0.497 e. The number of hydrogen-bond acceptors (Lipinski definition) is 8. The summed E-state index contributed by atoms with van der Waals surface area (Å²) in [5.41, 5.74) is 7.78. The summed E-state index contributed by atoms with van der Waals surface area (Å²) in [5.74, 6) is -1.50. The zero-order valence-electron chi connectivity index (χ0n) is 22.4. The van der Waals surface area contributed by atoms with Gasteiger partial charge in [-0.15, -0.1) is 5.10 Å². The van der Waals surface area contributed by atoms with Crippen LogP contribution in [0.15, 0.2) is 48.7 Å². The van der Waals surface area contributed by atoms with Crippen LogP contribution in [0.4, 0.5) is 10.1 Å². The normalized spacial score (nSPS) is 18.1. The predicted molar refractivity (Wildman–Crippen MR) is 148 cm³/mol. The molecule has 0 saturated carbocycles. The number of benzene rings is 2. The van der Waals surface area contributed by atoms with Crippen LogP contribution in [0.3, 0.4) is 0 Å². The highest BCUT2D eigenvalue weighted by Crippen LogP contribution is 2.40. The molecular weight excluding hydrogens is 555 g/mol. The number of esters is 1. The van der Waals surface area contributed by atoms with Gasteiger partial charge in [0.25, 0.3) is 0 Å². The Morgan fingerprint density at radius 2 is 1.88 bits per heavy atom. The van der Waals surface area contributed by atoms with Crippen LogP contribution >= 0.6 is 11.6 Å². The number of rotatable bonds is 9. The number of ether oxygens (including phenoxy) is 3. The van der Waals surface area contributed by atoms with Crippen molar-refractivity contribution < 1.29 is 33.0 Å². The van der Waals surface area contributed by atoms with E-state index in [0.29, 0.717) is 31.4 Å². The summed E-state index contributed by atoms with van der Waals surface area (Å²) in [6, 6.07) is 9.05. The van der Waals surface area contributed by atoms with Crippen molar-refractivity contribution in [2.75, 3.05) is 26.6 Å². The van der Waals surface area contributed by atoms with E-state index in [0.717, 1.165) is 11.3 Å². The lowest BCUT2D eigenvalue weighted by atomic mass is 9.92. The van der Waals surface area contributed by atoms with Crippen LogP contribution in [0, 0.1) is 5.82 Å². The second-order valence-corrected chi connectivity index (χ2v) is 10.2. The highest BCUT2D eigenvalue weighted by atomic mass is 35.5. The molecule has 3 aromatic rings. The van der Waals surface area contributed by atoms with E-state index in [1.165, 1.54) is 36.4 Å². The molecule has 1 fully saturated rings. The maximum atomic E-state index is 14.7. The summed E-state index contributed by atoms with van der Waals surface area (Å²) in [5, 5.41) is 4.21. The Bertz CT molecular complexity index is 1540. The van der Waals surface area contributed by atoms with Crippen molar-refractivity contribution in [3.05, 3.63) is 76.2 Å². The molecular formula is C29H28ClFN4O6. The van der Waals surface area contributed by atoms with Crippen LogP contribution in [-0.4, -0.2) is 65.3 Å². The smallest absolute Gasteiger partial charge is 0.329 e. The van der Waals surface area contributed by atoms with Gasteiger partial charge in [-0.25, -0.2) is 9.18 Å². The van der Waals surface area contributed by atoms with Crippen molar-refractivity contribution in [1.82, 2.24) is 14.7 Å². The van der Waals surface area contributed by atoms with Gasteiger partial charge in [-0.1, -0.05) is 23.7 Å². The zero-order chi connectivity index (χ0) is 29.3. The highest BCUT2D eigenvalue weighted by Gasteiger charge is 2.44. The van der Waals surface area contributed by atoms with E-state index in [-0.39, 0.29) is 33.8 Å². The van der Waals surface area contributed by atoms with Crippen LogP contribution in [0.1, 0.15) is 40.7 Å². The van der Waals surface area contributed by atoms with Crippen molar-refractivity contribution in [3.63, 3.8) is 0 Å². The minimum atomic E-state index is -0.862. The number of anilines is 1. The SMILES string of the molecule is COc1ccc(Cn2cc(C(=O)COC(=O)[C@@H]3CCC4CC(c5c(N)ccc(Cl)c5F)=CC(=O)N43)c(OC)n2)cc1. The lowest BCUT2D eigenvalue weighted by molar-refractivity contribution is -0.152. The van der Waals surface area contributed by atoms with E-state index in [2.05, 4.69) is 5.10 Å². The maximum absolute atomic E-state index is 14.7. The number of carbonyl (C=O) groups is 3. The topological polar surface area (TPSA) is 126 Å². The van der Waals surface area contributed by atoms with Gasteiger partial charge in [-0.3, -0.25) is 14.3 Å². The Morgan fingerprint density at radius 3 is 2.59 bits per heavy atom. The Morgan fingerprint density at radius 1 is 1.12 bits per heavy atom. The first-order chi connectivity index (χ1) is 19.7. The quantitative estimate of drug-likeness (QED) is 0.229. The molecule has 1 amide bonds. The third-order valence-corrected chi connectivity index (χ3v) is 7.59. The third-order valence-electron chi connectivity index (χ3n) is 7.30. The molecule has 0 radical (unpaired) electrons. The number of methoxy groups -OCH3 is 2. The lowest BCUT2D eigenvalue weighted by Crippen LogP contribution is -2.47. The number of fused-ring (bicyclic) bond motifs is 1. The number of carbonyl (C=O) groups excluding carboxylic acids is 3. The van der Waals surface area contributed by atoms with Gasteiger partial charge < -0.3 is 24.8 Å². The molecule has 41 heavy (non-hydrogen) atoms. The summed E-state index contributed by atoms with van der Waals surface area (Å²) in [6.45, 7) is -0.161. The Kier molecular flexibility index (Phi) is 7.98. The molecule has 1 saturated heterocycles. The van der Waals surface area contributed by atoms with Crippen molar-refractivity contribution in [1.29, 1.82) is 0 Å². The van der Waals surface area contributed by atoms with Crippen LogP contribution in [0.25, 0.3) is 5.57 Å². The average Bonchev–Trinajstić information content (AvgIpc) is 3.59. The molecule has 10 nitrogen and oxygen atoms in total. The van der Waals surface area contributed by atoms with Gasteiger partial charge in [0, 0.05) is 29.6 Å². The monoisotopic (exact) mass is 582 g/mol. The third kappa shape index (κ3) is 5.62. The van der Waals surface area contributed by atoms with Crippen LogP contribution < -0.4 is 15.2 Å². The molecule has 2 aliphatic heterocycles.